The maximum absolute atomic E-state index is 13.4. The topological polar surface area (TPSA) is 104 Å². The first-order valence-electron chi connectivity index (χ1n) is 14.9. The van der Waals surface area contributed by atoms with Gasteiger partial charge in [0.1, 0.15) is 11.5 Å². The molecule has 0 amide bonds. The van der Waals surface area contributed by atoms with Crippen molar-refractivity contribution in [2.24, 2.45) is 5.41 Å². The summed E-state index contributed by atoms with van der Waals surface area (Å²) in [6, 6.07) is 12.9. The Kier molecular flexibility index (Phi) is 6.62. The SMILES string of the molecule is C=CCn1c(=O)c2cnc(Nc3ccc(N4CCC(N(C)C)CC4)cc3)nc2n1-c1ccc2c(n1)C(O)C1(CC2)CC1. The van der Waals surface area contributed by atoms with E-state index in [2.05, 4.69) is 52.9 Å². The van der Waals surface area contributed by atoms with Gasteiger partial charge < -0.3 is 20.2 Å². The Hall–Kier alpha value is -4.02. The minimum Gasteiger partial charge on any atom is -0.386 e. The molecule has 0 radical (unpaired) electrons. The fourth-order valence-electron chi connectivity index (χ4n) is 6.69. The van der Waals surface area contributed by atoms with Gasteiger partial charge in [0.2, 0.25) is 5.95 Å². The molecule has 1 spiro atoms. The number of allylic oxidation sites excluding steroid dienone is 1. The van der Waals surface area contributed by atoms with Crippen LogP contribution in [-0.4, -0.2) is 67.5 Å². The first kappa shape index (κ1) is 26.9. The summed E-state index contributed by atoms with van der Waals surface area (Å²) in [6.07, 6.45) is 8.95. The summed E-state index contributed by atoms with van der Waals surface area (Å²) in [5.41, 5.74) is 4.07. The first-order valence-corrected chi connectivity index (χ1v) is 14.9. The number of fused-ring (bicyclic) bond motifs is 2. The number of aryl methyl sites for hydroxylation is 1. The van der Waals surface area contributed by atoms with Crippen LogP contribution in [0.2, 0.25) is 0 Å². The molecule has 218 valence electrons. The summed E-state index contributed by atoms with van der Waals surface area (Å²) in [5, 5.41) is 14.9. The number of benzene rings is 1. The molecule has 1 aliphatic heterocycles. The molecule has 3 aliphatic rings. The van der Waals surface area contributed by atoms with Crippen LogP contribution in [-0.2, 0) is 13.0 Å². The van der Waals surface area contributed by atoms with Crippen LogP contribution >= 0.6 is 0 Å². The van der Waals surface area contributed by atoms with E-state index in [1.807, 2.05) is 24.3 Å². The Balaban J connectivity index is 1.19. The molecule has 1 aromatic carbocycles. The van der Waals surface area contributed by atoms with Crippen molar-refractivity contribution < 1.29 is 5.11 Å². The fourth-order valence-corrected chi connectivity index (χ4v) is 6.69. The van der Waals surface area contributed by atoms with E-state index >= 15 is 0 Å². The molecule has 10 nitrogen and oxygen atoms in total. The van der Waals surface area contributed by atoms with Gasteiger partial charge in [-0.1, -0.05) is 12.1 Å². The fraction of sp³-hybridized carbons (Fsp3) is 0.438. The van der Waals surface area contributed by atoms with Gasteiger partial charge in [-0.3, -0.25) is 4.79 Å². The molecule has 0 bridgehead atoms. The van der Waals surface area contributed by atoms with Crippen LogP contribution < -0.4 is 15.8 Å². The molecule has 2 fully saturated rings. The van der Waals surface area contributed by atoms with E-state index in [0.717, 1.165) is 62.9 Å². The number of aromatic nitrogens is 5. The summed E-state index contributed by atoms with van der Waals surface area (Å²) in [7, 11) is 4.31. The van der Waals surface area contributed by atoms with Crippen molar-refractivity contribution in [3.8, 4) is 5.82 Å². The normalized spacial score (nSPS) is 19.8. The molecule has 1 saturated carbocycles. The second kappa shape index (κ2) is 10.4. The summed E-state index contributed by atoms with van der Waals surface area (Å²) >= 11 is 0. The quantitative estimate of drug-likeness (QED) is 0.321. The number of aliphatic hydroxyl groups excluding tert-OH is 1. The average Bonchev–Trinajstić information content (AvgIpc) is 3.74. The van der Waals surface area contributed by atoms with E-state index in [1.165, 1.54) is 5.69 Å². The van der Waals surface area contributed by atoms with E-state index in [4.69, 9.17) is 9.97 Å². The van der Waals surface area contributed by atoms with E-state index in [0.29, 0.717) is 34.5 Å². The molecule has 1 atom stereocenters. The number of pyridine rings is 1. The van der Waals surface area contributed by atoms with Crippen LogP contribution in [0.5, 0.6) is 0 Å². The summed E-state index contributed by atoms with van der Waals surface area (Å²) in [5.74, 6) is 0.938. The Morgan fingerprint density at radius 3 is 2.55 bits per heavy atom. The van der Waals surface area contributed by atoms with Gasteiger partial charge in [-0.25, -0.2) is 19.3 Å². The maximum atomic E-state index is 13.4. The minimum absolute atomic E-state index is 0.0321. The number of hydrogen-bond donors (Lipinski definition) is 2. The number of nitrogens with one attached hydrogen (secondary N) is 1. The minimum atomic E-state index is -0.586. The van der Waals surface area contributed by atoms with Gasteiger partial charge in [0.05, 0.1) is 12.2 Å². The van der Waals surface area contributed by atoms with Crippen molar-refractivity contribution in [2.75, 3.05) is 37.4 Å². The lowest BCUT2D eigenvalue weighted by Crippen LogP contribution is -2.41. The molecule has 3 aromatic heterocycles. The largest absolute Gasteiger partial charge is 0.386 e. The zero-order chi connectivity index (χ0) is 29.0. The standard InChI is InChI=1S/C32H38N8O2/c1-4-17-39-30(42)25-20-33-31(34-22-6-8-24(9-7-22)38-18-12-23(13-19-38)37(2)3)36-29(25)40(39)26-10-5-21-11-14-32(15-16-32)28(41)27(21)35-26/h4-10,20,23,28,41H,1,11-19H2,2-3H3,(H,33,34,36). The monoisotopic (exact) mass is 566 g/mol. The van der Waals surface area contributed by atoms with Crippen molar-refractivity contribution in [3.05, 3.63) is 76.9 Å². The highest BCUT2D eigenvalue weighted by Gasteiger charge is 2.52. The van der Waals surface area contributed by atoms with Crippen LogP contribution in [0.25, 0.3) is 16.9 Å². The van der Waals surface area contributed by atoms with E-state index in [-0.39, 0.29) is 17.5 Å². The highest BCUT2D eigenvalue weighted by molar-refractivity contribution is 5.77. The van der Waals surface area contributed by atoms with Gasteiger partial charge in [0.15, 0.2) is 11.5 Å². The maximum Gasteiger partial charge on any atom is 0.278 e. The lowest BCUT2D eigenvalue weighted by atomic mass is 9.82. The zero-order valence-electron chi connectivity index (χ0n) is 24.3. The lowest BCUT2D eigenvalue weighted by molar-refractivity contribution is 0.0734. The first-order chi connectivity index (χ1) is 20.4. The van der Waals surface area contributed by atoms with Gasteiger partial charge in [0, 0.05) is 42.1 Å². The van der Waals surface area contributed by atoms with Crippen LogP contribution in [0.15, 0.2) is 60.0 Å². The lowest BCUT2D eigenvalue weighted by Gasteiger charge is -2.36. The van der Waals surface area contributed by atoms with Gasteiger partial charge in [-0.2, -0.15) is 4.98 Å². The third kappa shape index (κ3) is 4.59. The molecule has 1 saturated heterocycles. The molecule has 10 heteroatoms. The predicted molar refractivity (Wildman–Crippen MR) is 165 cm³/mol. The number of nitrogens with zero attached hydrogens (tertiary/aromatic N) is 7. The average molecular weight is 567 g/mol. The van der Waals surface area contributed by atoms with Gasteiger partial charge in [-0.05, 0) is 88.5 Å². The number of aliphatic hydroxyl groups is 1. The molecule has 1 unspecified atom stereocenters. The highest BCUT2D eigenvalue weighted by atomic mass is 16.3. The molecule has 2 N–H and O–H groups in total. The second-order valence-electron chi connectivity index (χ2n) is 12.3. The second-order valence-corrected chi connectivity index (χ2v) is 12.3. The summed E-state index contributed by atoms with van der Waals surface area (Å²) in [6.45, 7) is 6.23. The van der Waals surface area contributed by atoms with Crippen LogP contribution in [0, 0.1) is 5.41 Å². The Morgan fingerprint density at radius 2 is 1.86 bits per heavy atom. The van der Waals surface area contributed by atoms with Crippen molar-refractivity contribution in [3.63, 3.8) is 0 Å². The molecule has 7 rings (SSSR count). The zero-order valence-corrected chi connectivity index (χ0v) is 24.3. The van der Waals surface area contributed by atoms with Crippen LogP contribution in [0.4, 0.5) is 17.3 Å². The third-order valence-corrected chi connectivity index (χ3v) is 9.50. The third-order valence-electron chi connectivity index (χ3n) is 9.50. The van der Waals surface area contributed by atoms with Crippen molar-refractivity contribution in [1.82, 2.24) is 29.2 Å². The molecular formula is C32H38N8O2. The molecule has 4 aromatic rings. The summed E-state index contributed by atoms with van der Waals surface area (Å²) < 4.78 is 3.30. The van der Waals surface area contributed by atoms with Gasteiger partial charge in [0.25, 0.3) is 5.56 Å². The highest BCUT2D eigenvalue weighted by Crippen LogP contribution is 2.60. The smallest absolute Gasteiger partial charge is 0.278 e. The number of piperidine rings is 1. The van der Waals surface area contributed by atoms with Crippen molar-refractivity contribution in [1.29, 1.82) is 0 Å². The number of anilines is 3. The summed E-state index contributed by atoms with van der Waals surface area (Å²) in [4.78, 5) is 32.3. The van der Waals surface area contributed by atoms with Gasteiger partial charge >= 0.3 is 0 Å². The predicted octanol–water partition coefficient (Wildman–Crippen LogP) is 4.20. The van der Waals surface area contributed by atoms with Crippen molar-refractivity contribution >= 4 is 28.4 Å². The van der Waals surface area contributed by atoms with Crippen molar-refractivity contribution in [2.45, 2.75) is 57.2 Å². The molecule has 2 aliphatic carbocycles. The molecule has 42 heavy (non-hydrogen) atoms. The van der Waals surface area contributed by atoms with Gasteiger partial charge in [-0.15, -0.1) is 6.58 Å². The Bertz CT molecular complexity index is 1690. The van der Waals surface area contributed by atoms with E-state index in [9.17, 15) is 9.90 Å². The Morgan fingerprint density at radius 1 is 1.10 bits per heavy atom. The number of rotatable bonds is 7. The van der Waals surface area contributed by atoms with Crippen LogP contribution in [0.1, 0.15) is 49.5 Å². The van der Waals surface area contributed by atoms with Crippen LogP contribution in [0.3, 0.4) is 0 Å². The Labute approximate surface area is 245 Å². The molecule has 4 heterocycles. The van der Waals surface area contributed by atoms with E-state index < -0.39 is 6.10 Å². The molecular weight excluding hydrogens is 528 g/mol. The van der Waals surface area contributed by atoms with E-state index in [1.54, 1.807) is 21.6 Å². The number of hydrogen-bond acceptors (Lipinski definition) is 8.